The van der Waals surface area contributed by atoms with Crippen molar-refractivity contribution in [2.45, 2.75) is 23.8 Å². The number of hydrogen-bond donors (Lipinski definition) is 0. The van der Waals surface area contributed by atoms with E-state index in [1.54, 1.807) is 13.8 Å². The molecular weight excluding hydrogens is 385 g/mol. The predicted molar refractivity (Wildman–Crippen MR) is 77.6 cm³/mol. The molecule has 0 N–H and O–H groups in total. The van der Waals surface area contributed by atoms with Gasteiger partial charge >= 0.3 is 6.03 Å². The van der Waals surface area contributed by atoms with Crippen LogP contribution in [0.1, 0.15) is 13.8 Å². The van der Waals surface area contributed by atoms with Gasteiger partial charge in [0.2, 0.25) is 15.7 Å². The zero-order chi connectivity index (χ0) is 19.8. The van der Waals surface area contributed by atoms with Crippen LogP contribution >= 0.6 is 0 Å². The van der Waals surface area contributed by atoms with E-state index in [1.165, 1.54) is 4.90 Å². The third kappa shape index (κ3) is 3.04. The Labute approximate surface area is 144 Å². The molecule has 0 aliphatic rings. The topological polar surface area (TPSA) is 72.3 Å². The summed E-state index contributed by atoms with van der Waals surface area (Å²) in [6.07, 6.45) is 0.902. The van der Waals surface area contributed by atoms with Gasteiger partial charge in [0.1, 0.15) is 0 Å². The summed E-state index contributed by atoms with van der Waals surface area (Å²) in [6.45, 7) is 3.85. The molecule has 6 nitrogen and oxygen atoms in total. The molecule has 0 atom stereocenters. The Morgan fingerprint density at radius 2 is 1.46 bits per heavy atom. The first-order valence-electron chi connectivity index (χ1n) is 7.19. The van der Waals surface area contributed by atoms with Gasteiger partial charge in [0, 0.05) is 19.3 Å². The van der Waals surface area contributed by atoms with E-state index >= 15 is 0 Å². The van der Waals surface area contributed by atoms with E-state index < -0.39 is 54.9 Å². The summed E-state index contributed by atoms with van der Waals surface area (Å²) < 4.78 is 92.3. The molecule has 0 spiro atoms. The van der Waals surface area contributed by atoms with Gasteiger partial charge in [-0.2, -0.15) is 9.78 Å². The first kappa shape index (κ1) is 19.8. The smallest absolute Gasteiger partial charge is 0.323 e. The van der Waals surface area contributed by atoms with Crippen LogP contribution in [0.15, 0.2) is 22.2 Å². The molecule has 0 unspecified atom stereocenters. The Morgan fingerprint density at radius 1 is 1.00 bits per heavy atom. The summed E-state index contributed by atoms with van der Waals surface area (Å²) in [5.41, 5.74) is 0. The monoisotopic (exact) mass is 397 g/mol. The largest absolute Gasteiger partial charge is 0.344 e. The normalized spacial score (nSPS) is 11.7. The minimum Gasteiger partial charge on any atom is -0.323 e. The zero-order valence-electron chi connectivity index (χ0n) is 13.4. The Bertz CT molecular complexity index is 941. The lowest BCUT2D eigenvalue weighted by Crippen LogP contribution is -2.34. The quantitative estimate of drug-likeness (QED) is 0.344. The van der Waals surface area contributed by atoms with Crippen molar-refractivity contribution in [2.75, 3.05) is 13.1 Å². The Morgan fingerprint density at radius 3 is 1.92 bits per heavy atom. The third-order valence-corrected chi connectivity index (χ3v) is 5.17. The van der Waals surface area contributed by atoms with Crippen LogP contribution in [-0.4, -0.2) is 42.2 Å². The number of benzene rings is 1. The lowest BCUT2D eigenvalue weighted by Gasteiger charge is -2.17. The molecule has 2 aromatic rings. The fourth-order valence-electron chi connectivity index (χ4n) is 2.12. The van der Waals surface area contributed by atoms with E-state index in [2.05, 4.69) is 5.10 Å². The molecule has 0 radical (unpaired) electrons. The number of halogens is 5. The van der Waals surface area contributed by atoms with Crippen molar-refractivity contribution in [1.29, 1.82) is 0 Å². The van der Waals surface area contributed by atoms with Crippen molar-refractivity contribution >= 4 is 15.9 Å². The highest BCUT2D eigenvalue weighted by molar-refractivity contribution is 7.91. The second-order valence-corrected chi connectivity index (χ2v) is 6.79. The highest BCUT2D eigenvalue weighted by Gasteiger charge is 2.36. The van der Waals surface area contributed by atoms with Crippen LogP contribution in [0.5, 0.6) is 0 Å². The fraction of sp³-hybridized carbons (Fsp3) is 0.286. The maximum absolute atomic E-state index is 13.8. The molecular formula is C14H12F5N3O3S. The van der Waals surface area contributed by atoms with Crippen molar-refractivity contribution in [3.05, 3.63) is 41.3 Å². The van der Waals surface area contributed by atoms with Crippen LogP contribution in [0.2, 0.25) is 0 Å². The van der Waals surface area contributed by atoms with Gasteiger partial charge in [0.05, 0.1) is 0 Å². The van der Waals surface area contributed by atoms with Gasteiger partial charge in [-0.1, -0.05) is 0 Å². The Hall–Kier alpha value is -2.50. The van der Waals surface area contributed by atoms with E-state index in [1.807, 2.05) is 0 Å². The van der Waals surface area contributed by atoms with E-state index in [0.29, 0.717) is 4.68 Å². The molecule has 1 aromatic carbocycles. The number of hydrogen-bond acceptors (Lipinski definition) is 4. The summed E-state index contributed by atoms with van der Waals surface area (Å²) in [5.74, 6) is -12.3. The van der Waals surface area contributed by atoms with Gasteiger partial charge in [0.15, 0.2) is 33.2 Å². The zero-order valence-corrected chi connectivity index (χ0v) is 14.2. The number of carbonyl (C=O) groups excluding carboxylic acids is 1. The fourth-order valence-corrected chi connectivity index (χ4v) is 3.42. The first-order chi connectivity index (χ1) is 12.1. The van der Waals surface area contributed by atoms with Gasteiger partial charge < -0.3 is 4.90 Å². The summed E-state index contributed by atoms with van der Waals surface area (Å²) in [4.78, 5) is 11.3. The maximum atomic E-state index is 13.8. The van der Waals surface area contributed by atoms with Crippen LogP contribution < -0.4 is 0 Å². The highest BCUT2D eigenvalue weighted by atomic mass is 32.2. The SMILES string of the molecule is CCN(CC)C(=O)n1ccc(S(=O)(=O)c2c(F)c(F)c(F)c(F)c2F)n1. The molecule has 0 saturated heterocycles. The molecule has 0 bridgehead atoms. The molecule has 0 saturated carbocycles. The number of rotatable bonds is 4. The van der Waals surface area contributed by atoms with E-state index in [-0.39, 0.29) is 13.1 Å². The number of sulfone groups is 1. The standard InChI is InChI=1S/C14H12F5N3O3S/c1-3-21(4-2)14(23)22-6-5-7(20-22)26(24,25)13-11(18)9(16)8(15)10(17)12(13)19/h5-6H,3-4H2,1-2H3. The average molecular weight is 397 g/mol. The minimum atomic E-state index is -5.21. The van der Waals surface area contributed by atoms with Crippen molar-refractivity contribution < 1.29 is 35.2 Å². The van der Waals surface area contributed by atoms with Gasteiger partial charge in [-0.15, -0.1) is 0 Å². The molecule has 142 valence electrons. The average Bonchev–Trinajstić information content (AvgIpc) is 3.10. The molecule has 0 aliphatic heterocycles. The Balaban J connectivity index is 2.59. The number of carbonyl (C=O) groups is 1. The second kappa shape index (κ2) is 7.02. The number of amides is 1. The lowest BCUT2D eigenvalue weighted by atomic mass is 10.3. The Kier molecular flexibility index (Phi) is 5.35. The molecule has 1 aromatic heterocycles. The van der Waals surface area contributed by atoms with Crippen LogP contribution in [0.25, 0.3) is 0 Å². The molecule has 0 fully saturated rings. The molecule has 1 heterocycles. The van der Waals surface area contributed by atoms with Crippen molar-refractivity contribution in [2.24, 2.45) is 0 Å². The molecule has 12 heteroatoms. The first-order valence-corrected chi connectivity index (χ1v) is 8.67. The van der Waals surface area contributed by atoms with E-state index in [9.17, 15) is 35.2 Å². The predicted octanol–water partition coefficient (Wildman–Crippen LogP) is 2.72. The summed E-state index contributed by atoms with van der Waals surface area (Å²) in [6, 6.07) is -0.0109. The third-order valence-electron chi connectivity index (χ3n) is 3.51. The number of aromatic nitrogens is 2. The van der Waals surface area contributed by atoms with Crippen molar-refractivity contribution in [3.8, 4) is 0 Å². The molecule has 1 amide bonds. The summed E-state index contributed by atoms with van der Waals surface area (Å²) >= 11 is 0. The maximum Gasteiger partial charge on any atom is 0.344 e. The summed E-state index contributed by atoms with van der Waals surface area (Å²) in [5, 5.41) is 2.36. The van der Waals surface area contributed by atoms with Gasteiger partial charge in [-0.3, -0.25) is 0 Å². The van der Waals surface area contributed by atoms with E-state index in [0.717, 1.165) is 12.3 Å². The van der Waals surface area contributed by atoms with Crippen LogP contribution in [0.4, 0.5) is 26.7 Å². The summed E-state index contributed by atoms with van der Waals surface area (Å²) in [7, 11) is -5.21. The molecule has 0 aliphatic carbocycles. The van der Waals surface area contributed by atoms with Gasteiger partial charge in [-0.05, 0) is 19.9 Å². The minimum absolute atomic E-state index is 0.273. The van der Waals surface area contributed by atoms with Crippen LogP contribution in [0.3, 0.4) is 0 Å². The van der Waals surface area contributed by atoms with Crippen LogP contribution in [0, 0.1) is 29.1 Å². The van der Waals surface area contributed by atoms with Gasteiger partial charge in [-0.25, -0.2) is 35.2 Å². The molecule has 26 heavy (non-hydrogen) atoms. The number of nitrogens with zero attached hydrogens (tertiary/aromatic N) is 3. The van der Waals surface area contributed by atoms with Crippen LogP contribution in [-0.2, 0) is 9.84 Å². The second-order valence-electron chi connectivity index (χ2n) is 4.96. The lowest BCUT2D eigenvalue weighted by molar-refractivity contribution is 0.201. The van der Waals surface area contributed by atoms with Crippen molar-refractivity contribution in [3.63, 3.8) is 0 Å². The van der Waals surface area contributed by atoms with Crippen molar-refractivity contribution in [1.82, 2.24) is 14.7 Å². The molecule has 2 rings (SSSR count). The highest BCUT2D eigenvalue weighted by Crippen LogP contribution is 2.30. The van der Waals surface area contributed by atoms with Gasteiger partial charge in [0.25, 0.3) is 0 Å². The van der Waals surface area contributed by atoms with E-state index in [4.69, 9.17) is 0 Å².